The minimum absolute atomic E-state index is 0.0763. The standard InChI is InChI=1S/C8H11N3O/c1-2-11-7(5-9-1)8-6-10-3-4-12-8/h1-2,5,8,10H,3-4,6H2. The van der Waals surface area contributed by atoms with E-state index >= 15 is 0 Å². The lowest BCUT2D eigenvalue weighted by Crippen LogP contribution is -2.33. The van der Waals surface area contributed by atoms with Gasteiger partial charge in [0.1, 0.15) is 6.10 Å². The second-order valence-electron chi connectivity index (χ2n) is 2.69. The molecule has 1 unspecified atom stereocenters. The SMILES string of the molecule is c1cnc(C2CNCCO2)cn1. The average Bonchev–Trinajstić information content (AvgIpc) is 2.21. The van der Waals surface area contributed by atoms with Crippen molar-refractivity contribution in [2.24, 2.45) is 0 Å². The van der Waals surface area contributed by atoms with Crippen LogP contribution in [0.15, 0.2) is 18.6 Å². The Hall–Kier alpha value is -1.00. The van der Waals surface area contributed by atoms with E-state index in [0.717, 1.165) is 25.4 Å². The van der Waals surface area contributed by atoms with E-state index in [2.05, 4.69) is 15.3 Å². The molecule has 1 aliphatic heterocycles. The second kappa shape index (κ2) is 3.60. The van der Waals surface area contributed by atoms with E-state index in [4.69, 9.17) is 4.74 Å². The lowest BCUT2D eigenvalue weighted by molar-refractivity contribution is 0.0248. The van der Waals surface area contributed by atoms with Crippen LogP contribution in [0.5, 0.6) is 0 Å². The van der Waals surface area contributed by atoms with Crippen molar-refractivity contribution in [3.05, 3.63) is 24.3 Å². The number of rotatable bonds is 1. The lowest BCUT2D eigenvalue weighted by Gasteiger charge is -2.22. The van der Waals surface area contributed by atoms with E-state index in [1.165, 1.54) is 0 Å². The molecule has 64 valence electrons. The third-order valence-electron chi connectivity index (χ3n) is 1.84. The van der Waals surface area contributed by atoms with Gasteiger partial charge in [-0.1, -0.05) is 0 Å². The highest BCUT2D eigenvalue weighted by Crippen LogP contribution is 2.14. The van der Waals surface area contributed by atoms with Crippen LogP contribution in [0.3, 0.4) is 0 Å². The molecule has 1 saturated heterocycles. The maximum absolute atomic E-state index is 5.50. The summed E-state index contributed by atoms with van der Waals surface area (Å²) in [6.45, 7) is 2.51. The van der Waals surface area contributed by atoms with Crippen molar-refractivity contribution in [2.75, 3.05) is 19.7 Å². The Labute approximate surface area is 71.0 Å². The van der Waals surface area contributed by atoms with Gasteiger partial charge in [-0.25, -0.2) is 0 Å². The van der Waals surface area contributed by atoms with Crippen molar-refractivity contribution >= 4 is 0 Å². The molecule has 1 N–H and O–H groups in total. The summed E-state index contributed by atoms with van der Waals surface area (Å²) >= 11 is 0. The first-order valence-electron chi connectivity index (χ1n) is 4.05. The molecule has 1 aromatic rings. The third kappa shape index (κ3) is 1.60. The van der Waals surface area contributed by atoms with E-state index in [9.17, 15) is 0 Å². The molecule has 4 nitrogen and oxygen atoms in total. The largest absolute Gasteiger partial charge is 0.369 e. The highest BCUT2D eigenvalue weighted by atomic mass is 16.5. The van der Waals surface area contributed by atoms with Crippen molar-refractivity contribution in [3.8, 4) is 0 Å². The molecule has 1 fully saturated rings. The van der Waals surface area contributed by atoms with Crippen LogP contribution < -0.4 is 5.32 Å². The van der Waals surface area contributed by atoms with Gasteiger partial charge in [0, 0.05) is 25.5 Å². The van der Waals surface area contributed by atoms with Crippen LogP contribution in [-0.4, -0.2) is 29.7 Å². The molecule has 0 amide bonds. The van der Waals surface area contributed by atoms with Crippen molar-refractivity contribution in [1.82, 2.24) is 15.3 Å². The summed E-state index contributed by atoms with van der Waals surface area (Å²) < 4.78 is 5.50. The first-order valence-corrected chi connectivity index (χ1v) is 4.05. The van der Waals surface area contributed by atoms with Gasteiger partial charge >= 0.3 is 0 Å². The fourth-order valence-electron chi connectivity index (χ4n) is 1.23. The van der Waals surface area contributed by atoms with Crippen LogP contribution in [0, 0.1) is 0 Å². The van der Waals surface area contributed by atoms with Gasteiger partial charge in [-0.3, -0.25) is 9.97 Å². The first-order chi connectivity index (χ1) is 5.97. The topological polar surface area (TPSA) is 47.0 Å². The normalized spacial score (nSPS) is 23.8. The lowest BCUT2D eigenvalue weighted by atomic mass is 10.2. The summed E-state index contributed by atoms with van der Waals surface area (Å²) in [4.78, 5) is 8.16. The molecule has 0 spiro atoms. The van der Waals surface area contributed by atoms with Crippen molar-refractivity contribution in [1.29, 1.82) is 0 Å². The van der Waals surface area contributed by atoms with E-state index in [1.54, 1.807) is 18.6 Å². The Balaban J connectivity index is 2.08. The summed E-state index contributed by atoms with van der Waals surface area (Å²) in [6, 6.07) is 0. The highest BCUT2D eigenvalue weighted by Gasteiger charge is 2.16. The Morgan fingerprint density at radius 1 is 1.50 bits per heavy atom. The van der Waals surface area contributed by atoms with E-state index in [0.29, 0.717) is 0 Å². The molecule has 1 atom stereocenters. The Morgan fingerprint density at radius 3 is 3.17 bits per heavy atom. The molecule has 0 aliphatic carbocycles. The summed E-state index contributed by atoms with van der Waals surface area (Å²) in [5, 5.41) is 3.24. The van der Waals surface area contributed by atoms with Gasteiger partial charge in [-0.05, 0) is 0 Å². The van der Waals surface area contributed by atoms with Crippen molar-refractivity contribution < 1.29 is 4.74 Å². The number of ether oxygens (including phenoxy) is 1. The summed E-state index contributed by atoms with van der Waals surface area (Å²) in [5.41, 5.74) is 0.907. The fraction of sp³-hybridized carbons (Fsp3) is 0.500. The van der Waals surface area contributed by atoms with Crippen LogP contribution in [0.4, 0.5) is 0 Å². The van der Waals surface area contributed by atoms with Crippen LogP contribution in [0.1, 0.15) is 11.8 Å². The van der Waals surface area contributed by atoms with E-state index in [-0.39, 0.29) is 6.10 Å². The smallest absolute Gasteiger partial charge is 0.113 e. The van der Waals surface area contributed by atoms with Gasteiger partial charge in [0.2, 0.25) is 0 Å². The monoisotopic (exact) mass is 165 g/mol. The molecule has 12 heavy (non-hydrogen) atoms. The maximum Gasteiger partial charge on any atom is 0.113 e. The zero-order chi connectivity index (χ0) is 8.23. The van der Waals surface area contributed by atoms with Gasteiger partial charge in [0.25, 0.3) is 0 Å². The number of aromatic nitrogens is 2. The van der Waals surface area contributed by atoms with Crippen LogP contribution in [0.25, 0.3) is 0 Å². The molecule has 1 aromatic heterocycles. The molecular weight excluding hydrogens is 154 g/mol. The Kier molecular flexibility index (Phi) is 2.29. The summed E-state index contributed by atoms with van der Waals surface area (Å²) in [7, 11) is 0. The van der Waals surface area contributed by atoms with Crippen LogP contribution in [0.2, 0.25) is 0 Å². The third-order valence-corrected chi connectivity index (χ3v) is 1.84. The van der Waals surface area contributed by atoms with Crippen molar-refractivity contribution in [3.63, 3.8) is 0 Å². The first kappa shape index (κ1) is 7.64. The molecule has 2 heterocycles. The molecule has 2 rings (SSSR count). The number of nitrogens with zero attached hydrogens (tertiary/aromatic N) is 2. The van der Waals surface area contributed by atoms with Gasteiger partial charge in [0.15, 0.2) is 0 Å². The van der Waals surface area contributed by atoms with Gasteiger partial charge < -0.3 is 10.1 Å². The van der Waals surface area contributed by atoms with Gasteiger partial charge in [0.05, 0.1) is 18.5 Å². The quantitative estimate of drug-likeness (QED) is 0.643. The predicted molar refractivity (Wildman–Crippen MR) is 43.6 cm³/mol. The molecule has 4 heteroatoms. The minimum Gasteiger partial charge on any atom is -0.369 e. The Morgan fingerprint density at radius 2 is 2.50 bits per heavy atom. The summed E-state index contributed by atoms with van der Waals surface area (Å²) in [5.74, 6) is 0. The number of nitrogens with one attached hydrogen (secondary N) is 1. The second-order valence-corrected chi connectivity index (χ2v) is 2.69. The predicted octanol–water partition coefficient (Wildman–Crippen LogP) is 0.138. The number of hydrogen-bond donors (Lipinski definition) is 1. The average molecular weight is 165 g/mol. The minimum atomic E-state index is 0.0763. The van der Waals surface area contributed by atoms with Gasteiger partial charge in [-0.15, -0.1) is 0 Å². The summed E-state index contributed by atoms with van der Waals surface area (Å²) in [6.07, 6.45) is 5.18. The van der Waals surface area contributed by atoms with Crippen LogP contribution >= 0.6 is 0 Å². The zero-order valence-corrected chi connectivity index (χ0v) is 6.73. The number of morpholine rings is 1. The number of hydrogen-bond acceptors (Lipinski definition) is 4. The van der Waals surface area contributed by atoms with Crippen molar-refractivity contribution in [2.45, 2.75) is 6.10 Å². The Bertz CT molecular complexity index is 233. The zero-order valence-electron chi connectivity index (χ0n) is 6.73. The van der Waals surface area contributed by atoms with E-state index in [1.807, 2.05) is 0 Å². The molecule has 0 saturated carbocycles. The fourth-order valence-corrected chi connectivity index (χ4v) is 1.23. The van der Waals surface area contributed by atoms with E-state index < -0.39 is 0 Å². The molecule has 1 aliphatic rings. The molecule has 0 bridgehead atoms. The molecule has 0 radical (unpaired) electrons. The van der Waals surface area contributed by atoms with Crippen LogP contribution in [-0.2, 0) is 4.74 Å². The highest BCUT2D eigenvalue weighted by molar-refractivity contribution is 5.01. The maximum atomic E-state index is 5.50. The molecular formula is C8H11N3O. The molecule has 0 aromatic carbocycles. The van der Waals surface area contributed by atoms with Gasteiger partial charge in [-0.2, -0.15) is 0 Å².